The molecule has 0 saturated carbocycles. The van der Waals surface area contributed by atoms with E-state index in [2.05, 4.69) is 31.8 Å². The lowest BCUT2D eigenvalue weighted by Gasteiger charge is -2.13. The lowest BCUT2D eigenvalue weighted by Crippen LogP contribution is -2.28. The molecule has 0 aliphatic heterocycles. The van der Waals surface area contributed by atoms with Crippen molar-refractivity contribution in [1.29, 1.82) is 0 Å². The standard InChI is InChI=1S/C17H18BrN3O4S2/c1-11-4-6-13(7-5-11)27(22,23)25-16-14(18)8-12(9-15(16)24-3)10-20-21-17(26)19-2/h4-10H,1-3H3,(H2,19,21,26)/b20-10-. The van der Waals surface area contributed by atoms with Crippen LogP contribution in [0.3, 0.4) is 0 Å². The molecule has 0 bridgehead atoms. The first-order valence-electron chi connectivity index (χ1n) is 7.66. The van der Waals surface area contributed by atoms with Gasteiger partial charge in [-0.05, 0) is 64.9 Å². The topological polar surface area (TPSA) is 89.0 Å². The fraction of sp³-hybridized carbons (Fsp3) is 0.176. The zero-order valence-corrected chi connectivity index (χ0v) is 18.0. The van der Waals surface area contributed by atoms with Crippen molar-refractivity contribution >= 4 is 49.6 Å². The normalized spacial score (nSPS) is 11.3. The third-order valence-corrected chi connectivity index (χ3v) is 5.48. The summed E-state index contributed by atoms with van der Waals surface area (Å²) in [6.07, 6.45) is 1.51. The van der Waals surface area contributed by atoms with Gasteiger partial charge in [-0.15, -0.1) is 0 Å². The maximum atomic E-state index is 12.5. The summed E-state index contributed by atoms with van der Waals surface area (Å²) in [6.45, 7) is 1.87. The zero-order valence-electron chi connectivity index (χ0n) is 14.8. The Kier molecular flexibility index (Phi) is 7.17. The Labute approximate surface area is 172 Å². The van der Waals surface area contributed by atoms with Gasteiger partial charge in [-0.2, -0.15) is 13.5 Å². The molecule has 10 heteroatoms. The van der Waals surface area contributed by atoms with Gasteiger partial charge in [0.2, 0.25) is 0 Å². The van der Waals surface area contributed by atoms with E-state index in [-0.39, 0.29) is 16.4 Å². The second kappa shape index (κ2) is 9.16. The molecule has 0 fully saturated rings. The predicted molar refractivity (Wildman–Crippen MR) is 112 cm³/mol. The van der Waals surface area contributed by atoms with Crippen LogP contribution in [0.15, 0.2) is 50.9 Å². The molecule has 2 aromatic rings. The summed E-state index contributed by atoms with van der Waals surface area (Å²) in [5.41, 5.74) is 4.21. The molecule has 144 valence electrons. The van der Waals surface area contributed by atoms with Crippen molar-refractivity contribution in [2.75, 3.05) is 14.2 Å². The molecule has 27 heavy (non-hydrogen) atoms. The van der Waals surface area contributed by atoms with Crippen LogP contribution in [0.4, 0.5) is 0 Å². The van der Waals surface area contributed by atoms with Crippen LogP contribution in [0.5, 0.6) is 11.5 Å². The molecule has 0 saturated heterocycles. The smallest absolute Gasteiger partial charge is 0.339 e. The summed E-state index contributed by atoms with van der Waals surface area (Å²) in [4.78, 5) is 0.0532. The molecule has 0 radical (unpaired) electrons. The molecule has 0 aromatic heterocycles. The molecule has 2 N–H and O–H groups in total. The van der Waals surface area contributed by atoms with Gasteiger partial charge in [-0.1, -0.05) is 17.7 Å². The van der Waals surface area contributed by atoms with E-state index in [0.717, 1.165) is 5.56 Å². The number of nitrogens with zero attached hydrogens (tertiary/aromatic N) is 1. The Morgan fingerprint density at radius 2 is 1.93 bits per heavy atom. The monoisotopic (exact) mass is 471 g/mol. The largest absolute Gasteiger partial charge is 0.493 e. The Bertz CT molecular complexity index is 961. The van der Waals surface area contributed by atoms with Crippen LogP contribution in [0.2, 0.25) is 0 Å². The van der Waals surface area contributed by atoms with Gasteiger partial charge in [0, 0.05) is 7.05 Å². The van der Waals surface area contributed by atoms with E-state index in [1.165, 1.54) is 25.5 Å². The average molecular weight is 472 g/mol. The van der Waals surface area contributed by atoms with Crippen LogP contribution >= 0.6 is 28.1 Å². The highest BCUT2D eigenvalue weighted by Gasteiger charge is 2.21. The van der Waals surface area contributed by atoms with Gasteiger partial charge in [0.05, 0.1) is 17.8 Å². The number of aryl methyl sites for hydroxylation is 1. The summed E-state index contributed by atoms with van der Waals surface area (Å²) < 4.78 is 36.1. The number of thiocarbonyl (C=S) groups is 1. The molecule has 0 unspecified atom stereocenters. The Morgan fingerprint density at radius 1 is 1.26 bits per heavy atom. The van der Waals surface area contributed by atoms with E-state index >= 15 is 0 Å². The zero-order chi connectivity index (χ0) is 20.0. The number of halogens is 1. The molecule has 2 rings (SSSR count). The number of hydrogen-bond donors (Lipinski definition) is 2. The highest BCUT2D eigenvalue weighted by atomic mass is 79.9. The van der Waals surface area contributed by atoms with Gasteiger partial charge in [-0.3, -0.25) is 5.43 Å². The quantitative estimate of drug-likeness (QED) is 0.289. The summed E-state index contributed by atoms with van der Waals surface area (Å²) in [6, 6.07) is 9.62. The summed E-state index contributed by atoms with van der Waals surface area (Å²) in [5, 5.41) is 7.06. The molecule has 0 aliphatic carbocycles. The minimum Gasteiger partial charge on any atom is -0.493 e. The van der Waals surface area contributed by atoms with Crippen molar-refractivity contribution in [1.82, 2.24) is 10.7 Å². The van der Waals surface area contributed by atoms with Crippen molar-refractivity contribution in [2.24, 2.45) is 5.10 Å². The molecule has 0 spiro atoms. The van der Waals surface area contributed by atoms with Gasteiger partial charge in [0.1, 0.15) is 4.90 Å². The number of nitrogens with one attached hydrogen (secondary N) is 2. The minimum absolute atomic E-state index is 0.0499. The van der Waals surface area contributed by atoms with Gasteiger partial charge in [0.25, 0.3) is 0 Å². The van der Waals surface area contributed by atoms with Crippen LogP contribution in [-0.2, 0) is 10.1 Å². The Morgan fingerprint density at radius 3 is 2.52 bits per heavy atom. The molecular formula is C17H18BrN3O4S2. The fourth-order valence-corrected chi connectivity index (χ4v) is 3.64. The van der Waals surface area contributed by atoms with Gasteiger partial charge in [0.15, 0.2) is 16.6 Å². The first kappa shape index (κ1) is 21.1. The first-order valence-corrected chi connectivity index (χ1v) is 10.3. The first-order chi connectivity index (χ1) is 12.8. The maximum Gasteiger partial charge on any atom is 0.339 e. The van der Waals surface area contributed by atoms with Crippen molar-refractivity contribution in [3.63, 3.8) is 0 Å². The van der Waals surface area contributed by atoms with E-state index in [1.54, 1.807) is 31.3 Å². The van der Waals surface area contributed by atoms with Crippen LogP contribution in [0, 0.1) is 6.92 Å². The highest BCUT2D eigenvalue weighted by molar-refractivity contribution is 9.10. The van der Waals surface area contributed by atoms with Crippen molar-refractivity contribution in [3.05, 3.63) is 52.0 Å². The predicted octanol–water partition coefficient (Wildman–Crippen LogP) is 2.96. The summed E-state index contributed by atoms with van der Waals surface area (Å²) in [5.74, 6) is 0.284. The minimum atomic E-state index is -4.01. The molecule has 7 nitrogen and oxygen atoms in total. The number of hydrogen-bond acceptors (Lipinski definition) is 6. The van der Waals surface area contributed by atoms with E-state index in [9.17, 15) is 8.42 Å². The third kappa shape index (κ3) is 5.65. The molecule has 0 amide bonds. The van der Waals surface area contributed by atoms with Crippen molar-refractivity contribution < 1.29 is 17.3 Å². The Hall–Kier alpha value is -2.17. The molecule has 2 aromatic carbocycles. The number of rotatable bonds is 6. The Balaban J connectivity index is 2.31. The third-order valence-electron chi connectivity index (χ3n) is 3.36. The van der Waals surface area contributed by atoms with Gasteiger partial charge < -0.3 is 14.2 Å². The van der Waals surface area contributed by atoms with Crippen LogP contribution < -0.4 is 19.7 Å². The summed E-state index contributed by atoms with van der Waals surface area (Å²) >= 11 is 8.24. The number of benzene rings is 2. The van der Waals surface area contributed by atoms with E-state index in [1.807, 2.05) is 6.92 Å². The van der Waals surface area contributed by atoms with Gasteiger partial charge in [-0.25, -0.2) is 0 Å². The molecule has 0 atom stereocenters. The van der Waals surface area contributed by atoms with E-state index < -0.39 is 10.1 Å². The SMILES string of the molecule is CNC(=S)N/N=C\c1cc(Br)c(OS(=O)(=O)c2ccc(C)cc2)c(OC)c1. The van der Waals surface area contributed by atoms with Crippen molar-refractivity contribution in [2.45, 2.75) is 11.8 Å². The molecule has 0 aliphatic rings. The van der Waals surface area contributed by atoms with E-state index in [0.29, 0.717) is 15.1 Å². The number of hydrazone groups is 1. The van der Waals surface area contributed by atoms with Crippen LogP contribution in [0.1, 0.15) is 11.1 Å². The fourth-order valence-electron chi connectivity index (χ4n) is 1.98. The lowest BCUT2D eigenvalue weighted by atomic mass is 10.2. The van der Waals surface area contributed by atoms with E-state index in [4.69, 9.17) is 21.1 Å². The molecular weight excluding hydrogens is 454 g/mol. The second-order valence-electron chi connectivity index (χ2n) is 5.33. The number of methoxy groups -OCH3 is 1. The highest BCUT2D eigenvalue weighted by Crippen LogP contribution is 2.38. The molecule has 0 heterocycles. The number of ether oxygens (including phenoxy) is 1. The lowest BCUT2D eigenvalue weighted by molar-refractivity contribution is 0.389. The van der Waals surface area contributed by atoms with Crippen LogP contribution in [-0.4, -0.2) is 33.9 Å². The average Bonchev–Trinajstić information content (AvgIpc) is 2.63. The van der Waals surface area contributed by atoms with Crippen molar-refractivity contribution in [3.8, 4) is 11.5 Å². The second-order valence-corrected chi connectivity index (χ2v) is 8.14. The maximum absolute atomic E-state index is 12.5. The van der Waals surface area contributed by atoms with Gasteiger partial charge >= 0.3 is 10.1 Å². The van der Waals surface area contributed by atoms with Crippen LogP contribution in [0.25, 0.3) is 0 Å². The summed E-state index contributed by atoms with van der Waals surface area (Å²) in [7, 11) is -0.920.